The molecule has 0 atom stereocenters. The van der Waals surface area contributed by atoms with Gasteiger partial charge >= 0.3 is 0 Å². The summed E-state index contributed by atoms with van der Waals surface area (Å²) in [5, 5.41) is 14.8. The van der Waals surface area contributed by atoms with Crippen LogP contribution in [-0.4, -0.2) is 35.6 Å². The molecule has 0 radical (unpaired) electrons. The van der Waals surface area contributed by atoms with Gasteiger partial charge in [0.25, 0.3) is 5.56 Å². The summed E-state index contributed by atoms with van der Waals surface area (Å²) in [6, 6.07) is 3.52. The Morgan fingerprint density at radius 2 is 2.24 bits per heavy atom. The van der Waals surface area contributed by atoms with Crippen LogP contribution in [0, 0.1) is 11.8 Å². The van der Waals surface area contributed by atoms with E-state index in [1.165, 1.54) is 4.68 Å². The van der Waals surface area contributed by atoms with Gasteiger partial charge in [-0.15, -0.1) is 11.3 Å². The molecule has 2 aromatic rings. The van der Waals surface area contributed by atoms with E-state index >= 15 is 0 Å². The Labute approximate surface area is 127 Å². The molecule has 0 aliphatic heterocycles. The highest BCUT2D eigenvalue weighted by Gasteiger charge is 2.04. The molecule has 2 rings (SSSR count). The maximum absolute atomic E-state index is 12.0. The van der Waals surface area contributed by atoms with Crippen LogP contribution < -0.4 is 10.5 Å². The lowest BCUT2D eigenvalue weighted by Gasteiger charge is -2.11. The highest BCUT2D eigenvalue weighted by molar-refractivity contribution is 7.10. The highest BCUT2D eigenvalue weighted by atomic mass is 32.1. The summed E-state index contributed by atoms with van der Waals surface area (Å²) in [5.41, 5.74) is 1.57. The zero-order valence-electron chi connectivity index (χ0n) is 12.0. The Morgan fingerprint density at radius 1 is 1.43 bits per heavy atom. The molecule has 0 saturated carbocycles. The van der Waals surface area contributed by atoms with Crippen LogP contribution in [0.25, 0.3) is 0 Å². The second kappa shape index (κ2) is 7.07. The van der Waals surface area contributed by atoms with Gasteiger partial charge in [-0.1, -0.05) is 11.8 Å². The summed E-state index contributed by atoms with van der Waals surface area (Å²) >= 11 is 1.55. The quantitative estimate of drug-likeness (QED) is 0.861. The molecule has 1 N–H and O–H groups in total. The first kappa shape index (κ1) is 15.3. The lowest BCUT2D eigenvalue weighted by atomic mass is 10.3. The first-order valence-corrected chi connectivity index (χ1v) is 7.40. The molecule has 0 fully saturated rings. The molecule has 0 unspecified atom stereocenters. The van der Waals surface area contributed by atoms with Crippen molar-refractivity contribution in [3.8, 4) is 11.8 Å². The highest BCUT2D eigenvalue weighted by Crippen LogP contribution is 2.14. The van der Waals surface area contributed by atoms with Crippen molar-refractivity contribution >= 4 is 17.0 Å². The molecular formula is C15H17N3O2S. The molecular weight excluding hydrogens is 286 g/mol. The van der Waals surface area contributed by atoms with Crippen molar-refractivity contribution in [3.63, 3.8) is 0 Å². The monoisotopic (exact) mass is 303 g/mol. The van der Waals surface area contributed by atoms with Gasteiger partial charge in [-0.25, -0.2) is 4.68 Å². The van der Waals surface area contributed by atoms with Crippen LogP contribution in [0.4, 0.5) is 5.69 Å². The van der Waals surface area contributed by atoms with Gasteiger partial charge in [0.05, 0.1) is 25.0 Å². The van der Waals surface area contributed by atoms with Gasteiger partial charge in [0, 0.05) is 42.4 Å². The van der Waals surface area contributed by atoms with Gasteiger partial charge in [0.1, 0.15) is 0 Å². The van der Waals surface area contributed by atoms with Crippen LogP contribution >= 0.6 is 11.3 Å². The number of aromatic nitrogens is 2. The average Bonchev–Trinajstić information content (AvgIpc) is 2.89. The van der Waals surface area contributed by atoms with Gasteiger partial charge in [0.15, 0.2) is 0 Å². The minimum absolute atomic E-state index is 0.0710. The van der Waals surface area contributed by atoms with Crippen molar-refractivity contribution < 1.29 is 5.11 Å². The first-order chi connectivity index (χ1) is 10.1. The van der Waals surface area contributed by atoms with E-state index in [0.29, 0.717) is 13.0 Å². The largest absolute Gasteiger partial charge is 0.395 e. The van der Waals surface area contributed by atoms with Gasteiger partial charge in [-0.05, 0) is 6.07 Å². The van der Waals surface area contributed by atoms with E-state index in [1.807, 2.05) is 30.4 Å². The summed E-state index contributed by atoms with van der Waals surface area (Å²) in [7, 11) is 3.74. The fraction of sp³-hybridized carbons (Fsp3) is 0.333. The molecule has 110 valence electrons. The standard InChI is InChI=1S/C15H17N3O2S/c1-17(2)13-8-15(20)18(16-9-13)10-14-7-12(11-21-14)5-3-4-6-19/h7-9,11,19H,4,6,10H2,1-2H3. The third-order valence-corrected chi connectivity index (χ3v) is 3.72. The van der Waals surface area contributed by atoms with Crippen LogP contribution in [0.3, 0.4) is 0 Å². The molecule has 21 heavy (non-hydrogen) atoms. The van der Waals surface area contributed by atoms with Crippen molar-refractivity contribution in [3.05, 3.63) is 44.5 Å². The maximum atomic E-state index is 12.0. The molecule has 0 saturated heterocycles. The van der Waals surface area contributed by atoms with Gasteiger partial charge in [0.2, 0.25) is 0 Å². The predicted octanol–water partition coefficient (Wildman–Crippen LogP) is 1.15. The minimum Gasteiger partial charge on any atom is -0.395 e. The Hall–Kier alpha value is -2.10. The molecule has 0 amide bonds. The second-order valence-corrected chi connectivity index (χ2v) is 5.68. The van der Waals surface area contributed by atoms with E-state index in [4.69, 9.17) is 5.11 Å². The number of nitrogens with zero attached hydrogens (tertiary/aromatic N) is 3. The van der Waals surface area contributed by atoms with Crippen molar-refractivity contribution in [2.75, 3.05) is 25.6 Å². The average molecular weight is 303 g/mol. The summed E-state index contributed by atoms with van der Waals surface area (Å²) in [5.74, 6) is 5.85. The number of aliphatic hydroxyl groups is 1. The fourth-order valence-corrected chi connectivity index (χ4v) is 2.48. The maximum Gasteiger partial charge on any atom is 0.269 e. The zero-order valence-corrected chi connectivity index (χ0v) is 12.9. The second-order valence-electron chi connectivity index (χ2n) is 4.68. The van der Waals surface area contributed by atoms with Crippen molar-refractivity contribution in [1.82, 2.24) is 9.78 Å². The first-order valence-electron chi connectivity index (χ1n) is 6.52. The molecule has 2 heterocycles. The number of anilines is 1. The summed E-state index contributed by atoms with van der Waals surface area (Å²) in [4.78, 5) is 14.9. The molecule has 0 spiro atoms. The van der Waals surface area contributed by atoms with Crippen LogP contribution in [-0.2, 0) is 6.54 Å². The van der Waals surface area contributed by atoms with Crippen molar-refractivity contribution in [1.29, 1.82) is 0 Å². The van der Waals surface area contributed by atoms with Crippen LogP contribution in [0.1, 0.15) is 16.9 Å². The molecule has 0 aromatic carbocycles. The van der Waals surface area contributed by atoms with E-state index < -0.39 is 0 Å². The smallest absolute Gasteiger partial charge is 0.269 e. The summed E-state index contributed by atoms with van der Waals surface area (Å²) in [6.07, 6.45) is 2.15. The summed E-state index contributed by atoms with van der Waals surface area (Å²) < 4.78 is 1.43. The number of thiophene rings is 1. The lowest BCUT2D eigenvalue weighted by Crippen LogP contribution is -2.24. The van der Waals surface area contributed by atoms with Gasteiger partial charge < -0.3 is 10.0 Å². The van der Waals surface area contributed by atoms with E-state index in [-0.39, 0.29) is 12.2 Å². The fourth-order valence-electron chi connectivity index (χ4n) is 1.68. The van der Waals surface area contributed by atoms with Crippen LogP contribution in [0.2, 0.25) is 0 Å². The third-order valence-electron chi connectivity index (χ3n) is 2.80. The Bertz CT molecular complexity index is 722. The molecule has 6 heteroatoms. The number of hydrogen-bond donors (Lipinski definition) is 1. The topological polar surface area (TPSA) is 58.4 Å². The number of hydrogen-bond acceptors (Lipinski definition) is 5. The Kier molecular flexibility index (Phi) is 5.14. The number of rotatable bonds is 4. The van der Waals surface area contributed by atoms with Gasteiger partial charge in [-0.2, -0.15) is 5.10 Å². The van der Waals surface area contributed by atoms with E-state index in [1.54, 1.807) is 23.6 Å². The van der Waals surface area contributed by atoms with Crippen molar-refractivity contribution in [2.45, 2.75) is 13.0 Å². The molecule has 0 aliphatic rings. The van der Waals surface area contributed by atoms with Crippen molar-refractivity contribution in [2.24, 2.45) is 0 Å². The number of aliphatic hydroxyl groups excluding tert-OH is 1. The van der Waals surface area contributed by atoms with E-state index in [0.717, 1.165) is 16.1 Å². The predicted molar refractivity (Wildman–Crippen MR) is 84.8 cm³/mol. The zero-order chi connectivity index (χ0) is 15.2. The molecule has 2 aromatic heterocycles. The van der Waals surface area contributed by atoms with Gasteiger partial charge in [-0.3, -0.25) is 4.79 Å². The third kappa shape index (κ3) is 4.18. The Morgan fingerprint density at radius 3 is 2.90 bits per heavy atom. The van der Waals surface area contributed by atoms with Crippen LogP contribution in [0.5, 0.6) is 0 Å². The van der Waals surface area contributed by atoms with E-state index in [2.05, 4.69) is 16.9 Å². The normalized spacial score (nSPS) is 10.0. The Balaban J connectivity index is 2.12. The molecule has 5 nitrogen and oxygen atoms in total. The SMILES string of the molecule is CN(C)c1cnn(Cc2cc(C#CCCO)cs2)c(=O)c1. The van der Waals surface area contributed by atoms with Crippen LogP contribution in [0.15, 0.2) is 28.5 Å². The summed E-state index contributed by atoms with van der Waals surface area (Å²) in [6.45, 7) is 0.514. The van der Waals surface area contributed by atoms with E-state index in [9.17, 15) is 4.79 Å². The molecule has 0 bridgehead atoms. The minimum atomic E-state index is -0.123. The molecule has 0 aliphatic carbocycles. The lowest BCUT2D eigenvalue weighted by molar-refractivity contribution is 0.305.